The Morgan fingerprint density at radius 3 is 1.62 bits per heavy atom. The second-order valence-electron chi connectivity index (χ2n) is 7.98. The molecule has 2 unspecified atom stereocenters. The second kappa shape index (κ2) is 6.29. The van der Waals surface area contributed by atoms with Crippen LogP contribution in [0.2, 0.25) is 0 Å². The van der Waals surface area contributed by atoms with Gasteiger partial charge in [-0.3, -0.25) is 0 Å². The highest BCUT2D eigenvalue weighted by Gasteiger charge is 2.52. The van der Waals surface area contributed by atoms with Crippen molar-refractivity contribution >= 4 is 35.4 Å². The molecule has 3 aliphatic carbocycles. The van der Waals surface area contributed by atoms with E-state index < -0.39 is 0 Å². The second-order valence-corrected chi connectivity index (χ2v) is 8.85. The van der Waals surface area contributed by atoms with Gasteiger partial charge < -0.3 is 0 Å². The Hall–Kier alpha value is -1.50. The van der Waals surface area contributed by atoms with Crippen LogP contribution >= 0.6 is 23.2 Å². The molecule has 0 amide bonds. The monoisotopic (exact) mass is 380 g/mol. The van der Waals surface area contributed by atoms with Crippen LogP contribution in [-0.2, 0) is 0 Å². The fourth-order valence-electron chi connectivity index (χ4n) is 5.69. The molecule has 26 heavy (non-hydrogen) atoms. The zero-order valence-corrected chi connectivity index (χ0v) is 16.2. The van der Waals surface area contributed by atoms with Crippen molar-refractivity contribution in [3.63, 3.8) is 0 Å². The quantitative estimate of drug-likeness (QED) is 0.500. The van der Waals surface area contributed by atoms with Crippen molar-refractivity contribution in [2.24, 2.45) is 5.41 Å². The third-order valence-corrected chi connectivity index (χ3v) is 7.34. The number of hydrogen-bond acceptors (Lipinski definition) is 0. The molecule has 0 spiro atoms. The highest BCUT2D eigenvalue weighted by molar-refractivity contribution is 6.34. The summed E-state index contributed by atoms with van der Waals surface area (Å²) in [5.41, 5.74) is 5.39. The summed E-state index contributed by atoms with van der Waals surface area (Å²) < 4.78 is 0. The predicted octanol–water partition coefficient (Wildman–Crippen LogP) is 7.69. The molecule has 0 nitrogen and oxygen atoms in total. The maximum atomic E-state index is 6.92. The minimum Gasteiger partial charge on any atom is -0.0884 e. The molecule has 0 bridgehead atoms. The van der Waals surface area contributed by atoms with Gasteiger partial charge in [-0.25, -0.2) is 0 Å². The lowest BCUT2D eigenvalue weighted by atomic mass is 9.57. The Bertz CT molecular complexity index is 846. The van der Waals surface area contributed by atoms with Crippen LogP contribution in [0.15, 0.2) is 58.6 Å². The molecule has 0 saturated heterocycles. The summed E-state index contributed by atoms with van der Waals surface area (Å²) in [5, 5.41) is 1.98. The first-order chi connectivity index (χ1) is 12.7. The highest BCUT2D eigenvalue weighted by Crippen LogP contribution is 2.65. The number of allylic oxidation sites excluding steroid dienone is 2. The number of rotatable bonds is 2. The molecule has 0 aliphatic heterocycles. The topological polar surface area (TPSA) is 0 Å². The lowest BCUT2D eigenvalue weighted by Gasteiger charge is -2.48. The van der Waals surface area contributed by atoms with Gasteiger partial charge in [0.1, 0.15) is 0 Å². The van der Waals surface area contributed by atoms with Crippen molar-refractivity contribution in [2.75, 3.05) is 0 Å². The van der Waals surface area contributed by atoms with Gasteiger partial charge in [0, 0.05) is 21.9 Å². The Kier molecular flexibility index (Phi) is 4.03. The summed E-state index contributed by atoms with van der Waals surface area (Å²) in [4.78, 5) is 0. The molecule has 1 fully saturated rings. The SMILES string of the molecule is ClC1=Cc2ccccc2C1C1(C2C(Cl)=Cc3ccccc32)CCCCC1. The summed E-state index contributed by atoms with van der Waals surface area (Å²) in [6.07, 6.45) is 10.5. The van der Waals surface area contributed by atoms with Gasteiger partial charge in [0.15, 0.2) is 0 Å². The number of benzene rings is 2. The zero-order chi connectivity index (χ0) is 17.7. The molecule has 2 aromatic rings. The van der Waals surface area contributed by atoms with E-state index in [2.05, 4.69) is 60.7 Å². The summed E-state index contributed by atoms with van der Waals surface area (Å²) in [6, 6.07) is 17.4. The average Bonchev–Trinajstić information content (AvgIpc) is 3.18. The van der Waals surface area contributed by atoms with Crippen molar-refractivity contribution in [3.8, 4) is 0 Å². The molecule has 132 valence electrons. The van der Waals surface area contributed by atoms with E-state index in [0.717, 1.165) is 10.1 Å². The summed E-state index contributed by atoms with van der Waals surface area (Å²) in [6.45, 7) is 0. The van der Waals surface area contributed by atoms with Gasteiger partial charge in [-0.2, -0.15) is 0 Å². The highest BCUT2D eigenvalue weighted by atomic mass is 35.5. The van der Waals surface area contributed by atoms with E-state index in [1.165, 1.54) is 54.4 Å². The van der Waals surface area contributed by atoms with Crippen molar-refractivity contribution in [1.29, 1.82) is 0 Å². The van der Waals surface area contributed by atoms with E-state index in [1.54, 1.807) is 0 Å². The third kappa shape index (κ3) is 2.35. The molecule has 0 N–H and O–H groups in total. The minimum atomic E-state index is 0.0681. The fraction of sp³-hybridized carbons (Fsp3) is 0.333. The van der Waals surface area contributed by atoms with Gasteiger partial charge in [-0.05, 0) is 52.7 Å². The van der Waals surface area contributed by atoms with E-state index in [1.807, 2.05) is 0 Å². The van der Waals surface area contributed by atoms with E-state index >= 15 is 0 Å². The molecule has 1 saturated carbocycles. The summed E-state index contributed by atoms with van der Waals surface area (Å²) in [7, 11) is 0. The van der Waals surface area contributed by atoms with Crippen LogP contribution in [0.25, 0.3) is 12.2 Å². The molecule has 2 aromatic carbocycles. The standard InChI is InChI=1S/C24H22Cl2/c25-20-14-16-8-2-4-10-18(16)22(20)24(12-6-1-7-13-24)23-19-11-5-3-9-17(19)15-21(23)26/h2-5,8-11,14-15,22-23H,1,6-7,12-13H2. The zero-order valence-electron chi connectivity index (χ0n) is 14.7. The van der Waals surface area contributed by atoms with Crippen LogP contribution in [0.1, 0.15) is 66.2 Å². The first kappa shape index (κ1) is 16.7. The van der Waals surface area contributed by atoms with E-state index in [-0.39, 0.29) is 17.3 Å². The molecular weight excluding hydrogens is 359 g/mol. The fourth-order valence-corrected chi connectivity index (χ4v) is 6.60. The largest absolute Gasteiger partial charge is 0.0884 e. The van der Waals surface area contributed by atoms with E-state index in [0.29, 0.717) is 0 Å². The number of hydrogen-bond donors (Lipinski definition) is 0. The van der Waals surface area contributed by atoms with Crippen LogP contribution in [0.3, 0.4) is 0 Å². The van der Waals surface area contributed by atoms with Crippen molar-refractivity contribution in [3.05, 3.63) is 80.8 Å². The molecular formula is C24H22Cl2. The Morgan fingerprint density at radius 1 is 0.654 bits per heavy atom. The Labute approximate surface area is 165 Å². The number of halogens is 2. The summed E-state index contributed by atoms with van der Waals surface area (Å²) >= 11 is 13.8. The van der Waals surface area contributed by atoms with Crippen molar-refractivity contribution in [1.82, 2.24) is 0 Å². The molecule has 0 radical (unpaired) electrons. The van der Waals surface area contributed by atoms with E-state index in [4.69, 9.17) is 23.2 Å². The van der Waals surface area contributed by atoms with Crippen LogP contribution < -0.4 is 0 Å². The normalized spacial score (nSPS) is 26.1. The number of fused-ring (bicyclic) bond motifs is 2. The lowest BCUT2D eigenvalue weighted by molar-refractivity contribution is 0.141. The molecule has 5 rings (SSSR count). The first-order valence-corrected chi connectivity index (χ1v) is 10.4. The smallest absolute Gasteiger partial charge is 0.0269 e. The first-order valence-electron chi connectivity index (χ1n) is 9.63. The van der Waals surface area contributed by atoms with Gasteiger partial charge in [-0.15, -0.1) is 0 Å². The van der Waals surface area contributed by atoms with Crippen LogP contribution in [0.4, 0.5) is 0 Å². The van der Waals surface area contributed by atoms with Crippen LogP contribution in [-0.4, -0.2) is 0 Å². The van der Waals surface area contributed by atoms with Gasteiger partial charge >= 0.3 is 0 Å². The Balaban J connectivity index is 1.70. The van der Waals surface area contributed by atoms with Gasteiger partial charge in [0.2, 0.25) is 0 Å². The molecule has 0 heterocycles. The average molecular weight is 381 g/mol. The van der Waals surface area contributed by atoms with Gasteiger partial charge in [-0.1, -0.05) is 91.0 Å². The van der Waals surface area contributed by atoms with Crippen LogP contribution in [0, 0.1) is 5.41 Å². The molecule has 2 heteroatoms. The molecule has 2 atom stereocenters. The lowest BCUT2D eigenvalue weighted by Crippen LogP contribution is -2.37. The maximum Gasteiger partial charge on any atom is 0.0269 e. The Morgan fingerprint density at radius 2 is 1.12 bits per heavy atom. The van der Waals surface area contributed by atoms with Crippen molar-refractivity contribution < 1.29 is 0 Å². The maximum absolute atomic E-state index is 6.92. The van der Waals surface area contributed by atoms with Crippen LogP contribution in [0.5, 0.6) is 0 Å². The van der Waals surface area contributed by atoms with Gasteiger partial charge in [0.05, 0.1) is 0 Å². The van der Waals surface area contributed by atoms with Crippen molar-refractivity contribution in [2.45, 2.75) is 43.9 Å². The minimum absolute atomic E-state index is 0.0681. The van der Waals surface area contributed by atoms with Gasteiger partial charge in [0.25, 0.3) is 0 Å². The van der Waals surface area contributed by atoms with E-state index in [9.17, 15) is 0 Å². The molecule has 0 aromatic heterocycles. The molecule has 3 aliphatic rings. The summed E-state index contributed by atoms with van der Waals surface area (Å²) in [5.74, 6) is 0.498. The predicted molar refractivity (Wildman–Crippen MR) is 112 cm³/mol. The third-order valence-electron chi connectivity index (χ3n) is 6.69.